The topological polar surface area (TPSA) is 21.1 Å². The predicted octanol–water partition coefficient (Wildman–Crippen LogP) is 4.00. The molecule has 0 aliphatic carbocycles. The van der Waals surface area contributed by atoms with Gasteiger partial charge in [0.2, 0.25) is 0 Å². The van der Waals surface area contributed by atoms with Crippen LogP contribution >= 0.6 is 12.4 Å². The zero-order valence-corrected chi connectivity index (χ0v) is 14.1. The number of halogens is 1. The second-order valence-corrected chi connectivity index (χ2v) is 5.76. The lowest BCUT2D eigenvalue weighted by Gasteiger charge is -2.09. The first-order valence-corrected chi connectivity index (χ1v) is 7.32. The van der Waals surface area contributed by atoms with E-state index in [1.165, 1.54) is 22.0 Å². The number of hydrogen-bond acceptors (Lipinski definition) is 2. The van der Waals surface area contributed by atoms with E-state index >= 15 is 0 Å². The third-order valence-electron chi connectivity index (χ3n) is 3.71. The number of aryl methyl sites for hydroxylation is 1. The molecule has 3 nitrogen and oxygen atoms in total. The first-order chi connectivity index (χ1) is 10.1. The molecule has 4 heteroatoms. The van der Waals surface area contributed by atoms with Gasteiger partial charge in [0.25, 0.3) is 0 Å². The number of nitrogens with zero attached hydrogens (tertiary/aromatic N) is 3. The average Bonchev–Trinajstić information content (AvgIpc) is 2.84. The van der Waals surface area contributed by atoms with Crippen LogP contribution in [-0.4, -0.2) is 35.3 Å². The van der Waals surface area contributed by atoms with Crippen LogP contribution in [0, 0.1) is 6.92 Å². The zero-order chi connectivity index (χ0) is 14.8. The van der Waals surface area contributed by atoms with Crippen molar-refractivity contribution < 1.29 is 0 Å². The van der Waals surface area contributed by atoms with Crippen LogP contribution in [0.2, 0.25) is 0 Å². The SMILES string of the molecule is Cc1ccc2c(c1)c(-c1ccccc1)nn2CCN(C)C.Cl. The summed E-state index contributed by atoms with van der Waals surface area (Å²) in [4.78, 5) is 2.18. The van der Waals surface area contributed by atoms with Crippen molar-refractivity contribution in [3.05, 3.63) is 54.1 Å². The van der Waals surface area contributed by atoms with Crippen LogP contribution in [0.3, 0.4) is 0 Å². The number of benzene rings is 2. The minimum absolute atomic E-state index is 0. The summed E-state index contributed by atoms with van der Waals surface area (Å²) >= 11 is 0. The van der Waals surface area contributed by atoms with E-state index in [2.05, 4.69) is 73.1 Å². The molecule has 0 amide bonds. The molecule has 0 saturated heterocycles. The minimum Gasteiger partial charge on any atom is -0.308 e. The van der Waals surface area contributed by atoms with E-state index in [0.29, 0.717) is 0 Å². The molecule has 3 aromatic rings. The van der Waals surface area contributed by atoms with Crippen molar-refractivity contribution in [2.24, 2.45) is 0 Å². The maximum absolute atomic E-state index is 4.86. The lowest BCUT2D eigenvalue weighted by molar-refractivity contribution is 0.377. The first kappa shape index (κ1) is 16.5. The Morgan fingerprint density at radius 1 is 1.05 bits per heavy atom. The van der Waals surface area contributed by atoms with E-state index in [9.17, 15) is 0 Å². The first-order valence-electron chi connectivity index (χ1n) is 7.32. The van der Waals surface area contributed by atoms with E-state index in [4.69, 9.17) is 5.10 Å². The molecule has 0 unspecified atom stereocenters. The Hall–Kier alpha value is -1.84. The molecule has 22 heavy (non-hydrogen) atoms. The molecule has 0 atom stereocenters. The van der Waals surface area contributed by atoms with Gasteiger partial charge in [0.15, 0.2) is 0 Å². The quantitative estimate of drug-likeness (QED) is 0.725. The van der Waals surface area contributed by atoms with Crippen LogP contribution in [0.4, 0.5) is 0 Å². The van der Waals surface area contributed by atoms with Crippen LogP contribution in [0.15, 0.2) is 48.5 Å². The Kier molecular flexibility index (Phi) is 5.22. The van der Waals surface area contributed by atoms with Gasteiger partial charge in [-0.1, -0.05) is 42.0 Å². The summed E-state index contributed by atoms with van der Waals surface area (Å²) in [6.45, 7) is 4.02. The summed E-state index contributed by atoms with van der Waals surface area (Å²) in [5, 5.41) is 6.10. The highest BCUT2D eigenvalue weighted by Gasteiger charge is 2.12. The number of fused-ring (bicyclic) bond motifs is 1. The minimum atomic E-state index is 0. The van der Waals surface area contributed by atoms with Crippen molar-refractivity contribution in [1.82, 2.24) is 14.7 Å². The van der Waals surface area contributed by atoms with Crippen LogP contribution in [0.25, 0.3) is 22.2 Å². The molecule has 3 rings (SSSR count). The molecule has 0 aliphatic rings. The number of hydrogen-bond donors (Lipinski definition) is 0. The fourth-order valence-corrected chi connectivity index (χ4v) is 2.57. The van der Waals surface area contributed by atoms with E-state index in [-0.39, 0.29) is 12.4 Å². The number of aromatic nitrogens is 2. The highest BCUT2D eigenvalue weighted by molar-refractivity contribution is 5.93. The summed E-state index contributed by atoms with van der Waals surface area (Å²) in [6, 6.07) is 17.0. The zero-order valence-electron chi connectivity index (χ0n) is 13.3. The van der Waals surface area contributed by atoms with Crippen molar-refractivity contribution in [2.75, 3.05) is 20.6 Å². The molecular formula is C18H22ClN3. The molecule has 1 aromatic heterocycles. The van der Waals surface area contributed by atoms with Gasteiger partial charge in [0.05, 0.1) is 12.1 Å². The van der Waals surface area contributed by atoms with Crippen LogP contribution in [0.5, 0.6) is 0 Å². The maximum atomic E-state index is 4.86. The van der Waals surface area contributed by atoms with E-state index in [0.717, 1.165) is 18.8 Å². The normalized spacial score (nSPS) is 10.9. The molecule has 0 fully saturated rings. The molecule has 2 aromatic carbocycles. The largest absolute Gasteiger partial charge is 0.308 e. The van der Waals surface area contributed by atoms with Crippen LogP contribution in [-0.2, 0) is 6.54 Å². The highest BCUT2D eigenvalue weighted by atomic mass is 35.5. The van der Waals surface area contributed by atoms with E-state index < -0.39 is 0 Å². The van der Waals surface area contributed by atoms with E-state index in [1.807, 2.05) is 6.07 Å². The molecule has 0 N–H and O–H groups in total. The van der Waals surface area contributed by atoms with E-state index in [1.54, 1.807) is 0 Å². The predicted molar refractivity (Wildman–Crippen MR) is 95.7 cm³/mol. The molecule has 0 aliphatic heterocycles. The number of likely N-dealkylation sites (N-methyl/N-ethyl adjacent to an activating group) is 1. The summed E-state index contributed by atoms with van der Waals surface area (Å²) in [6.07, 6.45) is 0. The summed E-state index contributed by atoms with van der Waals surface area (Å²) in [7, 11) is 4.18. The summed E-state index contributed by atoms with van der Waals surface area (Å²) in [5.74, 6) is 0. The second kappa shape index (κ2) is 6.95. The average molecular weight is 316 g/mol. The van der Waals surface area contributed by atoms with Crippen molar-refractivity contribution in [2.45, 2.75) is 13.5 Å². The van der Waals surface area contributed by atoms with Crippen LogP contribution < -0.4 is 0 Å². The van der Waals surface area contributed by atoms with Gasteiger partial charge in [-0.15, -0.1) is 12.4 Å². The van der Waals surface area contributed by atoms with Gasteiger partial charge in [0, 0.05) is 17.5 Å². The van der Waals surface area contributed by atoms with Gasteiger partial charge in [-0.3, -0.25) is 4.68 Å². The lowest BCUT2D eigenvalue weighted by atomic mass is 10.1. The van der Waals surface area contributed by atoms with Gasteiger partial charge in [-0.25, -0.2) is 0 Å². The third-order valence-corrected chi connectivity index (χ3v) is 3.71. The van der Waals surface area contributed by atoms with Crippen LogP contribution in [0.1, 0.15) is 5.56 Å². The van der Waals surface area contributed by atoms with Crippen molar-refractivity contribution >= 4 is 23.3 Å². The molecule has 0 saturated carbocycles. The molecule has 0 spiro atoms. The Morgan fingerprint density at radius 3 is 2.45 bits per heavy atom. The van der Waals surface area contributed by atoms with Crippen molar-refractivity contribution in [1.29, 1.82) is 0 Å². The second-order valence-electron chi connectivity index (χ2n) is 5.76. The third kappa shape index (κ3) is 3.32. The number of rotatable bonds is 4. The van der Waals surface area contributed by atoms with Gasteiger partial charge < -0.3 is 4.90 Å². The molecule has 1 heterocycles. The molecule has 0 radical (unpaired) electrons. The Bertz CT molecular complexity index is 748. The summed E-state index contributed by atoms with van der Waals surface area (Å²) in [5.41, 5.74) is 4.73. The fourth-order valence-electron chi connectivity index (χ4n) is 2.57. The standard InChI is InChI=1S/C18H21N3.ClH/c1-14-9-10-17-16(13-14)18(15-7-5-4-6-8-15)19-21(17)12-11-20(2)3;/h4-10,13H,11-12H2,1-3H3;1H. The van der Waals surface area contributed by atoms with Gasteiger partial charge in [-0.2, -0.15) is 5.10 Å². The molecular weight excluding hydrogens is 294 g/mol. The fraction of sp³-hybridized carbons (Fsp3) is 0.278. The van der Waals surface area contributed by atoms with Gasteiger partial charge in [0.1, 0.15) is 5.69 Å². The Balaban J connectivity index is 0.00000176. The Labute approximate surface area is 138 Å². The Morgan fingerprint density at radius 2 is 1.77 bits per heavy atom. The van der Waals surface area contributed by atoms with Crippen molar-refractivity contribution in [3.63, 3.8) is 0 Å². The molecule has 0 bridgehead atoms. The molecule has 116 valence electrons. The van der Waals surface area contributed by atoms with Crippen molar-refractivity contribution in [3.8, 4) is 11.3 Å². The maximum Gasteiger partial charge on any atom is 0.100 e. The highest BCUT2D eigenvalue weighted by Crippen LogP contribution is 2.28. The van der Waals surface area contributed by atoms with Gasteiger partial charge >= 0.3 is 0 Å². The summed E-state index contributed by atoms with van der Waals surface area (Å²) < 4.78 is 2.12. The van der Waals surface area contributed by atoms with Gasteiger partial charge in [-0.05, 0) is 33.2 Å². The monoisotopic (exact) mass is 315 g/mol. The lowest BCUT2D eigenvalue weighted by Crippen LogP contribution is -2.18. The smallest absolute Gasteiger partial charge is 0.100 e.